The lowest BCUT2D eigenvalue weighted by Crippen LogP contribution is -2.54. The topological polar surface area (TPSA) is 258 Å². The van der Waals surface area contributed by atoms with E-state index in [2.05, 4.69) is 34.8 Å². The molecule has 0 aliphatic carbocycles. The number of carbonyl (C=O) groups excluding carboxylic acids is 8. The number of nitrogens with zero attached hydrogens (tertiary/aromatic N) is 2. The molecule has 1 aliphatic rings. The van der Waals surface area contributed by atoms with E-state index in [0.29, 0.717) is 34.2 Å². The van der Waals surface area contributed by atoms with Gasteiger partial charge in [-0.1, -0.05) is 109 Å². The Morgan fingerprint density at radius 3 is 2.03 bits per heavy atom. The maximum absolute atomic E-state index is 14.1. The van der Waals surface area contributed by atoms with Crippen molar-refractivity contribution < 1.29 is 48.6 Å². The molecule has 1 heterocycles. The molecule has 2 aromatic rings. The van der Waals surface area contributed by atoms with Gasteiger partial charge in [-0.3, -0.25) is 38.4 Å². The molecule has 0 saturated heterocycles. The van der Waals surface area contributed by atoms with Gasteiger partial charge in [-0.05, 0) is 74.1 Å². The minimum Gasteiger partial charge on any atom is -0.507 e. The van der Waals surface area contributed by atoms with Crippen LogP contribution in [0.2, 0.25) is 0 Å². The highest BCUT2D eigenvalue weighted by atomic mass is 16.3. The monoisotopic (exact) mass is 946 g/mol. The molecule has 0 radical (unpaired) electrons. The van der Waals surface area contributed by atoms with E-state index in [1.165, 1.54) is 89.6 Å². The maximum atomic E-state index is 14.1. The van der Waals surface area contributed by atoms with E-state index in [0.717, 1.165) is 30.6 Å². The summed E-state index contributed by atoms with van der Waals surface area (Å²) in [6.07, 6.45) is 14.8. The van der Waals surface area contributed by atoms with Crippen LogP contribution in [0.5, 0.6) is 5.75 Å². The van der Waals surface area contributed by atoms with E-state index in [-0.39, 0.29) is 23.8 Å². The summed E-state index contributed by atoms with van der Waals surface area (Å²) in [6, 6.07) is 3.76. The molecule has 0 fully saturated rings. The molecule has 8 N–H and O–H groups in total. The molecule has 5 atom stereocenters. The lowest BCUT2D eigenvalue weighted by molar-refractivity contribution is -0.141. The van der Waals surface area contributed by atoms with E-state index < -0.39 is 90.9 Å². The quantitative estimate of drug-likeness (QED) is 0.0377. The van der Waals surface area contributed by atoms with Crippen molar-refractivity contribution in [2.45, 2.75) is 161 Å². The zero-order valence-electron chi connectivity index (χ0n) is 40.9. The van der Waals surface area contributed by atoms with Gasteiger partial charge in [-0.25, -0.2) is 0 Å². The molecule has 6 amide bonds. The summed E-state index contributed by atoms with van der Waals surface area (Å²) in [7, 11) is 2.94. The number of hydrogen-bond donors (Lipinski definition) is 7. The minimum atomic E-state index is -1.37. The largest absolute Gasteiger partial charge is 0.507 e. The summed E-state index contributed by atoms with van der Waals surface area (Å²) in [5.74, 6) is -6.45. The van der Waals surface area contributed by atoms with Crippen molar-refractivity contribution in [3.05, 3.63) is 65.4 Å². The molecule has 0 unspecified atom stereocenters. The smallest absolute Gasteiger partial charge is 0.285 e. The summed E-state index contributed by atoms with van der Waals surface area (Å²) in [5.41, 5.74) is 7.60. The number of Topliss-reactive ketones (excluding diaryl/α,β-unsaturated/α-hetero) is 2. The molecule has 2 aromatic carbocycles. The number of phenolic OH excluding ortho intramolecular Hbond substituents is 1. The molecule has 3 rings (SSSR count). The zero-order chi connectivity index (χ0) is 50.5. The molecular weight excluding hydrogens is 871 g/mol. The Kier molecular flexibility index (Phi) is 23.4. The number of nitrogens with two attached hydrogens (primary N) is 1. The Bertz CT molecular complexity index is 2110. The summed E-state index contributed by atoms with van der Waals surface area (Å²) in [4.78, 5) is 107. The number of carbonyl (C=O) groups is 8. The fraction of sp³-hybridized carbons (Fsp3) is 0.569. The van der Waals surface area contributed by atoms with Crippen LogP contribution in [0.1, 0.15) is 140 Å². The second kappa shape index (κ2) is 28.3. The fourth-order valence-corrected chi connectivity index (χ4v) is 8.22. The van der Waals surface area contributed by atoms with Crippen molar-refractivity contribution in [1.29, 1.82) is 0 Å². The summed E-state index contributed by atoms with van der Waals surface area (Å²) in [5, 5.41) is 31.9. The number of primary amides is 1. The maximum Gasteiger partial charge on any atom is 0.285 e. The highest BCUT2D eigenvalue weighted by Gasteiger charge is 2.34. The van der Waals surface area contributed by atoms with Crippen molar-refractivity contribution in [1.82, 2.24) is 31.1 Å². The van der Waals surface area contributed by atoms with Crippen LogP contribution in [0.15, 0.2) is 48.7 Å². The van der Waals surface area contributed by atoms with E-state index in [4.69, 9.17) is 5.73 Å². The lowest BCUT2D eigenvalue weighted by Gasteiger charge is -2.31. The van der Waals surface area contributed by atoms with E-state index in [1.807, 2.05) is 0 Å². The van der Waals surface area contributed by atoms with Gasteiger partial charge in [0, 0.05) is 31.8 Å². The van der Waals surface area contributed by atoms with Gasteiger partial charge in [-0.2, -0.15) is 0 Å². The van der Waals surface area contributed by atoms with Gasteiger partial charge in [0.05, 0.1) is 31.7 Å². The van der Waals surface area contributed by atoms with Crippen LogP contribution in [-0.4, -0.2) is 118 Å². The Morgan fingerprint density at radius 1 is 0.838 bits per heavy atom. The number of nitrogens with one attached hydrogen (secondary N) is 4. The van der Waals surface area contributed by atoms with Crippen molar-refractivity contribution in [3.63, 3.8) is 0 Å². The molecule has 0 spiro atoms. The fourth-order valence-electron chi connectivity index (χ4n) is 8.22. The molecule has 4 bridgehead atoms. The number of fused-ring (bicyclic) bond motifs is 5. The average molecular weight is 946 g/mol. The van der Waals surface area contributed by atoms with Crippen molar-refractivity contribution in [3.8, 4) is 16.9 Å². The number of aryl methyl sites for hydroxylation is 1. The molecule has 1 aliphatic heterocycles. The van der Waals surface area contributed by atoms with Gasteiger partial charge in [0.25, 0.3) is 5.91 Å². The molecule has 68 heavy (non-hydrogen) atoms. The number of rotatable bonds is 27. The number of amides is 6. The van der Waals surface area contributed by atoms with Gasteiger partial charge in [0.2, 0.25) is 35.3 Å². The molecule has 17 nitrogen and oxygen atoms in total. The first-order valence-electron chi connectivity index (χ1n) is 24.0. The first kappa shape index (κ1) is 56.2. The lowest BCUT2D eigenvalue weighted by atomic mass is 9.91. The first-order chi connectivity index (χ1) is 32.3. The molecule has 0 aromatic heterocycles. The van der Waals surface area contributed by atoms with Crippen LogP contribution in [0.4, 0.5) is 0 Å². The predicted octanol–water partition coefficient (Wildman–Crippen LogP) is 4.33. The number of unbranched alkanes of at least 4 members (excludes halogenated alkanes) is 12. The van der Waals surface area contributed by atoms with Gasteiger partial charge >= 0.3 is 0 Å². The number of aliphatic hydroxyl groups is 1. The number of likely N-dealkylation sites (N-methyl/N-ethyl adjacent to an activating group) is 2. The number of hydrogen-bond acceptors (Lipinski definition) is 11. The average Bonchev–Trinajstić information content (AvgIpc) is 3.30. The number of aromatic hydroxyl groups is 1. The van der Waals surface area contributed by atoms with Crippen LogP contribution >= 0.6 is 0 Å². The first-order valence-corrected chi connectivity index (χ1v) is 24.0. The third kappa shape index (κ3) is 17.2. The molecule has 17 heteroatoms. The Labute approximate surface area is 401 Å². The predicted molar refractivity (Wildman–Crippen MR) is 260 cm³/mol. The van der Waals surface area contributed by atoms with Crippen LogP contribution in [0.25, 0.3) is 11.1 Å². The summed E-state index contributed by atoms with van der Waals surface area (Å²) < 4.78 is 0. The minimum absolute atomic E-state index is 0.130. The summed E-state index contributed by atoms with van der Waals surface area (Å²) in [6.45, 7) is 9.91. The van der Waals surface area contributed by atoms with Gasteiger partial charge in [0.15, 0.2) is 5.78 Å². The van der Waals surface area contributed by atoms with Crippen LogP contribution in [-0.2, 0) is 44.8 Å². The van der Waals surface area contributed by atoms with Gasteiger partial charge in [0.1, 0.15) is 23.9 Å². The molecule has 374 valence electrons. The van der Waals surface area contributed by atoms with E-state index >= 15 is 0 Å². The third-order valence-corrected chi connectivity index (χ3v) is 12.6. The van der Waals surface area contributed by atoms with Crippen LogP contribution in [0.3, 0.4) is 0 Å². The Balaban J connectivity index is 1.65. The Hall–Kier alpha value is -6.10. The van der Waals surface area contributed by atoms with E-state index in [1.54, 1.807) is 44.3 Å². The number of phenols is 1. The standard InChI is InChI=1S/C51H75N7O10/c1-8-9-10-11-12-13-14-15-16-17-18-19-20-21-45(63)57(6)41(31-59)33(3)54-34(4)49(66)53-30-46(64)58(7)47-37-24-22-32(2)38(28-37)39-26-36(23-25-42(39)60)27-40(43(61)29-44(62)48(52)65)56-50(67)35(5)55-51(47)68/h22-26,28,34-35,40-41,47,54,59-60H,3,8-21,27,29-31H2,1-2,4-7H3,(H2,52,65)(H,53,66)(H,55,68)(H,56,67)/t34-,35+,40+,41-,47+/m1/s1. The highest BCUT2D eigenvalue weighted by molar-refractivity contribution is 6.39. The van der Waals surface area contributed by atoms with Gasteiger partial charge < -0.3 is 47.0 Å². The second-order valence-corrected chi connectivity index (χ2v) is 18.1. The Morgan fingerprint density at radius 2 is 1.44 bits per heavy atom. The van der Waals surface area contributed by atoms with Gasteiger partial charge in [-0.15, -0.1) is 0 Å². The van der Waals surface area contributed by atoms with Crippen LogP contribution < -0.4 is 27.0 Å². The van der Waals surface area contributed by atoms with Crippen molar-refractivity contribution in [2.24, 2.45) is 5.73 Å². The molecule has 0 saturated carbocycles. The van der Waals surface area contributed by atoms with Crippen LogP contribution in [0, 0.1) is 6.92 Å². The van der Waals surface area contributed by atoms with Crippen molar-refractivity contribution in [2.75, 3.05) is 27.2 Å². The van der Waals surface area contributed by atoms with Crippen molar-refractivity contribution >= 4 is 47.0 Å². The highest BCUT2D eigenvalue weighted by Crippen LogP contribution is 2.35. The number of ketones is 2. The van der Waals surface area contributed by atoms with E-state index in [9.17, 15) is 48.6 Å². The molecular formula is C51H75N7O10. The third-order valence-electron chi connectivity index (χ3n) is 12.6. The second-order valence-electron chi connectivity index (χ2n) is 18.1. The number of aliphatic hydroxyl groups excluding tert-OH is 1. The zero-order valence-corrected chi connectivity index (χ0v) is 40.9. The SMILES string of the molecule is C=C(N[C@H](C)C(=O)NCC(=O)N(C)[C@@H]1C(=O)N[C@@H](C)C(=O)N[C@H](C(=O)CC(=O)C(N)=O)Cc2ccc(O)c(c2)-c2cc1ccc2C)[C@@H](CO)N(C)C(=O)CCCCCCCCCCCCCCC. The summed E-state index contributed by atoms with van der Waals surface area (Å²) >= 11 is 0. The number of benzene rings is 2. The normalized spacial score (nSPS) is 16.8.